The van der Waals surface area contributed by atoms with Gasteiger partial charge in [0.15, 0.2) is 0 Å². The van der Waals surface area contributed by atoms with Crippen LogP contribution in [0.1, 0.15) is 34.1 Å². The smallest absolute Gasteiger partial charge is 0.228 e. The molecule has 5 nitrogen and oxygen atoms in total. The number of nitrogens with zero attached hydrogens (tertiary/aromatic N) is 2. The highest BCUT2D eigenvalue weighted by Crippen LogP contribution is 2.27. The number of fused-ring (bicyclic) bond motifs is 1. The second-order valence-electron chi connectivity index (χ2n) is 7.95. The second-order valence-corrected chi connectivity index (χ2v) is 7.95. The normalized spacial score (nSPS) is 20.6. The lowest BCUT2D eigenvalue weighted by atomic mass is 9.90. The first kappa shape index (κ1) is 18.8. The van der Waals surface area contributed by atoms with Crippen molar-refractivity contribution in [2.24, 2.45) is 11.8 Å². The summed E-state index contributed by atoms with van der Waals surface area (Å²) in [6.07, 6.45) is 1.82. The summed E-state index contributed by atoms with van der Waals surface area (Å²) >= 11 is 0. The number of carbonyl (C=O) groups is 1. The van der Waals surface area contributed by atoms with E-state index in [0.717, 1.165) is 36.2 Å². The number of rotatable bonds is 5. The third-order valence-corrected chi connectivity index (χ3v) is 5.34. The number of hydrogen-bond acceptors (Lipinski definition) is 4. The van der Waals surface area contributed by atoms with E-state index < -0.39 is 6.10 Å². The number of benzene rings is 1. The van der Waals surface area contributed by atoms with Crippen molar-refractivity contribution in [3.8, 4) is 0 Å². The third-order valence-electron chi connectivity index (χ3n) is 5.34. The Morgan fingerprint density at radius 3 is 2.69 bits per heavy atom. The zero-order chi connectivity index (χ0) is 18.8. The summed E-state index contributed by atoms with van der Waals surface area (Å²) in [5.74, 6) is 0.161. The first-order valence-corrected chi connectivity index (χ1v) is 9.57. The van der Waals surface area contributed by atoms with Crippen LogP contribution >= 0.6 is 0 Å². The van der Waals surface area contributed by atoms with Crippen LogP contribution in [0.3, 0.4) is 0 Å². The maximum absolute atomic E-state index is 13.0. The molecule has 2 aromatic rings. The molecule has 1 amide bonds. The van der Waals surface area contributed by atoms with Crippen LogP contribution in [0, 0.1) is 11.8 Å². The van der Waals surface area contributed by atoms with Gasteiger partial charge in [-0.15, -0.1) is 0 Å². The van der Waals surface area contributed by atoms with Crippen LogP contribution in [-0.2, 0) is 4.79 Å². The predicted octanol–water partition coefficient (Wildman–Crippen LogP) is 3.51. The Morgan fingerprint density at radius 1 is 1.27 bits per heavy atom. The molecule has 0 spiro atoms. The fourth-order valence-corrected chi connectivity index (χ4v) is 3.90. The number of carbonyl (C=O) groups excluding carboxylic acids is 1. The second kappa shape index (κ2) is 7.70. The Labute approximate surface area is 155 Å². The van der Waals surface area contributed by atoms with Gasteiger partial charge in [0, 0.05) is 36.7 Å². The molecule has 142 valence electrons. The average molecular weight is 358 g/mol. The summed E-state index contributed by atoms with van der Waals surface area (Å²) in [6.45, 7) is 10.3. The fourth-order valence-electron chi connectivity index (χ4n) is 3.90. The molecular weight excluding hydrogens is 328 g/mol. The van der Waals surface area contributed by atoms with Crippen LogP contribution < -0.4 is 4.90 Å². The maximum Gasteiger partial charge on any atom is 0.228 e. The van der Waals surface area contributed by atoms with Crippen LogP contribution in [0.2, 0.25) is 0 Å². The molecule has 0 aliphatic carbocycles. The predicted molar refractivity (Wildman–Crippen MR) is 104 cm³/mol. The highest BCUT2D eigenvalue weighted by Gasteiger charge is 2.34. The van der Waals surface area contributed by atoms with Gasteiger partial charge in [0.1, 0.15) is 5.58 Å². The molecule has 3 atom stereocenters. The van der Waals surface area contributed by atoms with Crippen LogP contribution in [0.15, 0.2) is 34.9 Å². The molecule has 3 rings (SSSR count). The summed E-state index contributed by atoms with van der Waals surface area (Å²) in [5.41, 5.74) is 2.05. The van der Waals surface area contributed by atoms with Crippen LogP contribution in [0.5, 0.6) is 0 Å². The molecule has 1 aromatic carbocycles. The van der Waals surface area contributed by atoms with Gasteiger partial charge in [-0.05, 0) is 50.5 Å². The summed E-state index contributed by atoms with van der Waals surface area (Å²) in [6, 6.07) is 8.30. The Balaban J connectivity index is 1.70. The molecule has 1 N–H and O–H groups in total. The van der Waals surface area contributed by atoms with Gasteiger partial charge < -0.3 is 19.3 Å². The van der Waals surface area contributed by atoms with Crippen molar-refractivity contribution < 1.29 is 14.3 Å². The standard InChI is InChI=1S/C21H30N2O3/c1-14(2)11-19(16(4)24)21(25)23-9-8-22(13-15(23)3)18-5-6-20-17(12-18)7-10-26-20/h5-7,10,12,14-16,19,24H,8-9,11,13H2,1-4H3/t15-,16+,19+/m1/s1. The Morgan fingerprint density at radius 2 is 2.04 bits per heavy atom. The van der Waals surface area contributed by atoms with Gasteiger partial charge in [-0.3, -0.25) is 4.79 Å². The monoisotopic (exact) mass is 358 g/mol. The van der Waals surface area contributed by atoms with Crippen molar-refractivity contribution in [3.63, 3.8) is 0 Å². The fraction of sp³-hybridized carbons (Fsp3) is 0.571. The number of hydrogen-bond donors (Lipinski definition) is 1. The molecule has 0 saturated carbocycles. The molecule has 0 bridgehead atoms. The minimum Gasteiger partial charge on any atom is -0.464 e. The van der Waals surface area contributed by atoms with Crippen molar-refractivity contribution in [2.75, 3.05) is 24.5 Å². The molecule has 5 heteroatoms. The van der Waals surface area contributed by atoms with Crippen LogP contribution in [-0.4, -0.2) is 47.7 Å². The van der Waals surface area contributed by atoms with E-state index in [9.17, 15) is 9.90 Å². The quantitative estimate of drug-likeness (QED) is 0.889. The van der Waals surface area contributed by atoms with Crippen molar-refractivity contribution in [1.82, 2.24) is 4.90 Å². The van der Waals surface area contributed by atoms with Crippen molar-refractivity contribution in [3.05, 3.63) is 30.5 Å². The topological polar surface area (TPSA) is 56.9 Å². The minimum atomic E-state index is -0.612. The zero-order valence-corrected chi connectivity index (χ0v) is 16.2. The summed E-state index contributed by atoms with van der Waals surface area (Å²) in [7, 11) is 0. The van der Waals surface area contributed by atoms with E-state index in [-0.39, 0.29) is 17.9 Å². The van der Waals surface area contributed by atoms with Gasteiger partial charge in [-0.25, -0.2) is 0 Å². The molecule has 1 aliphatic heterocycles. The van der Waals surface area contributed by atoms with E-state index in [1.54, 1.807) is 13.2 Å². The number of aliphatic hydroxyl groups is 1. The van der Waals surface area contributed by atoms with Gasteiger partial charge >= 0.3 is 0 Å². The molecule has 1 fully saturated rings. The number of amides is 1. The SMILES string of the molecule is CC(C)C[C@H](C(=O)N1CCN(c2ccc3occc3c2)C[C@H]1C)[C@H](C)O. The van der Waals surface area contributed by atoms with Crippen LogP contribution in [0.25, 0.3) is 11.0 Å². The van der Waals surface area contributed by atoms with Crippen molar-refractivity contribution >= 4 is 22.6 Å². The van der Waals surface area contributed by atoms with E-state index in [1.807, 2.05) is 17.0 Å². The van der Waals surface area contributed by atoms with Crippen LogP contribution in [0.4, 0.5) is 5.69 Å². The molecule has 2 heterocycles. The van der Waals surface area contributed by atoms with E-state index in [1.165, 1.54) is 0 Å². The summed E-state index contributed by atoms with van der Waals surface area (Å²) in [4.78, 5) is 17.3. The van der Waals surface area contributed by atoms with Gasteiger partial charge in [-0.2, -0.15) is 0 Å². The first-order chi connectivity index (χ1) is 12.4. The summed E-state index contributed by atoms with van der Waals surface area (Å²) in [5, 5.41) is 11.2. The van der Waals surface area contributed by atoms with Gasteiger partial charge in [0.2, 0.25) is 5.91 Å². The molecular formula is C21H30N2O3. The Bertz CT molecular complexity index is 753. The maximum atomic E-state index is 13.0. The lowest BCUT2D eigenvalue weighted by Crippen LogP contribution is -2.56. The average Bonchev–Trinajstić information content (AvgIpc) is 3.06. The van der Waals surface area contributed by atoms with E-state index >= 15 is 0 Å². The van der Waals surface area contributed by atoms with E-state index in [4.69, 9.17) is 4.42 Å². The summed E-state index contributed by atoms with van der Waals surface area (Å²) < 4.78 is 5.42. The first-order valence-electron chi connectivity index (χ1n) is 9.57. The minimum absolute atomic E-state index is 0.0890. The van der Waals surface area contributed by atoms with Gasteiger partial charge in [-0.1, -0.05) is 13.8 Å². The molecule has 1 aromatic heterocycles. The highest BCUT2D eigenvalue weighted by atomic mass is 16.3. The van der Waals surface area contributed by atoms with Crippen molar-refractivity contribution in [2.45, 2.75) is 46.3 Å². The molecule has 1 aliphatic rings. The third kappa shape index (κ3) is 3.88. The lowest BCUT2D eigenvalue weighted by Gasteiger charge is -2.42. The van der Waals surface area contributed by atoms with Gasteiger partial charge in [0.25, 0.3) is 0 Å². The van der Waals surface area contributed by atoms with E-state index in [2.05, 4.69) is 37.8 Å². The number of anilines is 1. The largest absolute Gasteiger partial charge is 0.464 e. The van der Waals surface area contributed by atoms with Gasteiger partial charge in [0.05, 0.1) is 18.3 Å². The van der Waals surface area contributed by atoms with E-state index in [0.29, 0.717) is 12.5 Å². The lowest BCUT2D eigenvalue weighted by molar-refractivity contribution is -0.142. The Hall–Kier alpha value is -2.01. The molecule has 0 radical (unpaired) electrons. The molecule has 0 unspecified atom stereocenters. The zero-order valence-electron chi connectivity index (χ0n) is 16.2. The molecule has 26 heavy (non-hydrogen) atoms. The number of furan rings is 1. The highest BCUT2D eigenvalue weighted by molar-refractivity contribution is 5.82. The number of piperazine rings is 1. The molecule has 1 saturated heterocycles. The number of aliphatic hydroxyl groups excluding tert-OH is 1. The van der Waals surface area contributed by atoms with Crippen molar-refractivity contribution in [1.29, 1.82) is 0 Å². The Kier molecular flexibility index (Phi) is 5.56.